The minimum Gasteiger partial charge on any atom is -0.461 e. The molecule has 3 aromatic carbocycles. The number of hydrogen-bond acceptors (Lipinski definition) is 5. The highest BCUT2D eigenvalue weighted by molar-refractivity contribution is 6.13. The fourth-order valence-electron chi connectivity index (χ4n) is 3.39. The molecule has 162 valence electrons. The molecule has 0 saturated heterocycles. The van der Waals surface area contributed by atoms with Gasteiger partial charge >= 0.3 is 5.97 Å². The number of rotatable bonds is 6. The summed E-state index contributed by atoms with van der Waals surface area (Å²) in [6, 6.07) is 24.3. The zero-order valence-electron chi connectivity index (χ0n) is 17.9. The Kier molecular flexibility index (Phi) is 6.28. The lowest BCUT2D eigenvalue weighted by Gasteiger charge is -2.08. The van der Waals surface area contributed by atoms with E-state index in [-0.39, 0.29) is 17.9 Å². The molecule has 0 unspecified atom stereocenters. The first kappa shape index (κ1) is 21.5. The van der Waals surface area contributed by atoms with E-state index in [1.54, 1.807) is 19.2 Å². The molecule has 0 bridgehead atoms. The van der Waals surface area contributed by atoms with Crippen molar-refractivity contribution in [2.24, 2.45) is 0 Å². The normalized spacial score (nSPS) is 11.1. The van der Waals surface area contributed by atoms with E-state index in [1.807, 2.05) is 72.8 Å². The summed E-state index contributed by atoms with van der Waals surface area (Å²) in [5, 5.41) is 18.6. The molecule has 0 aliphatic carbocycles. The lowest BCUT2D eigenvalue weighted by Crippen LogP contribution is -2.14. The van der Waals surface area contributed by atoms with Gasteiger partial charge in [0.15, 0.2) is 5.69 Å². The van der Waals surface area contributed by atoms with Crippen molar-refractivity contribution < 1.29 is 14.3 Å². The van der Waals surface area contributed by atoms with E-state index in [9.17, 15) is 14.9 Å². The van der Waals surface area contributed by atoms with Crippen molar-refractivity contribution >= 4 is 34.4 Å². The zero-order valence-corrected chi connectivity index (χ0v) is 17.9. The number of nitrogens with zero attached hydrogens (tertiary/aromatic N) is 3. The number of carbonyl (C=O) groups is 2. The van der Waals surface area contributed by atoms with Gasteiger partial charge in [0.05, 0.1) is 12.3 Å². The smallest absolute Gasteiger partial charge is 0.359 e. The number of carbonyl (C=O) groups excluding carboxylic acids is 2. The Morgan fingerprint density at radius 1 is 1.06 bits per heavy atom. The minimum atomic E-state index is -0.634. The standard InChI is InChI=1S/C26H20N4O3/c1-2-33-26(32)24-20(17-30(29-24)21-11-4-3-5-12-21)15-19(16-27)25(31)28-23-14-8-10-18-9-6-7-13-22(18)23/h3-15,17H,2H2,1H3,(H,28,31)/b19-15-. The molecule has 1 N–H and O–H groups in total. The van der Waals surface area contributed by atoms with Gasteiger partial charge in [0.25, 0.3) is 5.91 Å². The monoisotopic (exact) mass is 436 g/mol. The van der Waals surface area contributed by atoms with Crippen molar-refractivity contribution in [3.05, 3.63) is 95.8 Å². The van der Waals surface area contributed by atoms with E-state index in [0.717, 1.165) is 16.5 Å². The van der Waals surface area contributed by atoms with Gasteiger partial charge in [-0.15, -0.1) is 0 Å². The Hall–Kier alpha value is -4.70. The number of para-hydroxylation sites is 1. The molecule has 0 aliphatic rings. The lowest BCUT2D eigenvalue weighted by molar-refractivity contribution is -0.112. The van der Waals surface area contributed by atoms with Gasteiger partial charge in [-0.2, -0.15) is 10.4 Å². The summed E-state index contributed by atoms with van der Waals surface area (Å²) in [6.07, 6.45) is 2.93. The summed E-state index contributed by atoms with van der Waals surface area (Å²) >= 11 is 0. The first-order valence-corrected chi connectivity index (χ1v) is 10.3. The average molecular weight is 436 g/mol. The number of hydrogen-bond donors (Lipinski definition) is 1. The summed E-state index contributed by atoms with van der Waals surface area (Å²) < 4.78 is 6.62. The van der Waals surface area contributed by atoms with Crippen LogP contribution in [0.3, 0.4) is 0 Å². The predicted molar refractivity (Wildman–Crippen MR) is 126 cm³/mol. The molecule has 33 heavy (non-hydrogen) atoms. The van der Waals surface area contributed by atoms with Gasteiger partial charge in [-0.3, -0.25) is 4.79 Å². The van der Waals surface area contributed by atoms with E-state index in [2.05, 4.69) is 10.4 Å². The number of fused-ring (bicyclic) bond motifs is 1. The number of benzene rings is 3. The van der Waals surface area contributed by atoms with Gasteiger partial charge < -0.3 is 10.1 Å². The van der Waals surface area contributed by atoms with Crippen molar-refractivity contribution in [2.75, 3.05) is 11.9 Å². The van der Waals surface area contributed by atoms with Crippen LogP contribution in [0.2, 0.25) is 0 Å². The molecule has 1 aromatic heterocycles. The van der Waals surface area contributed by atoms with Crippen LogP contribution < -0.4 is 5.32 Å². The van der Waals surface area contributed by atoms with Crippen LogP contribution >= 0.6 is 0 Å². The van der Waals surface area contributed by atoms with Crippen LogP contribution in [0.1, 0.15) is 23.0 Å². The van der Waals surface area contributed by atoms with Crippen molar-refractivity contribution in [1.29, 1.82) is 5.26 Å². The number of nitrogens with one attached hydrogen (secondary N) is 1. The highest BCUT2D eigenvalue weighted by Crippen LogP contribution is 2.24. The van der Waals surface area contributed by atoms with Crippen molar-refractivity contribution in [1.82, 2.24) is 9.78 Å². The second kappa shape index (κ2) is 9.62. The molecule has 1 heterocycles. The maximum atomic E-state index is 12.9. The van der Waals surface area contributed by atoms with Crippen molar-refractivity contribution in [3.8, 4) is 11.8 Å². The van der Waals surface area contributed by atoms with E-state index in [4.69, 9.17) is 4.74 Å². The van der Waals surface area contributed by atoms with Crippen LogP contribution in [0.25, 0.3) is 22.5 Å². The van der Waals surface area contributed by atoms with Crippen LogP contribution in [-0.4, -0.2) is 28.3 Å². The number of aromatic nitrogens is 2. The van der Waals surface area contributed by atoms with E-state index in [1.165, 1.54) is 10.8 Å². The van der Waals surface area contributed by atoms with E-state index in [0.29, 0.717) is 11.3 Å². The Morgan fingerprint density at radius 2 is 1.79 bits per heavy atom. The van der Waals surface area contributed by atoms with Crippen LogP contribution in [0.15, 0.2) is 84.6 Å². The first-order chi connectivity index (χ1) is 16.1. The molecule has 7 heteroatoms. The maximum Gasteiger partial charge on any atom is 0.359 e. The largest absolute Gasteiger partial charge is 0.461 e. The summed E-state index contributed by atoms with van der Waals surface area (Å²) in [7, 11) is 0. The summed E-state index contributed by atoms with van der Waals surface area (Å²) in [4.78, 5) is 25.4. The molecule has 4 aromatic rings. The quantitative estimate of drug-likeness (QED) is 0.267. The fourth-order valence-corrected chi connectivity index (χ4v) is 3.39. The molecular formula is C26H20N4O3. The molecule has 0 atom stereocenters. The van der Waals surface area contributed by atoms with Gasteiger partial charge in [0, 0.05) is 22.8 Å². The molecule has 0 fully saturated rings. The SMILES string of the molecule is CCOC(=O)c1nn(-c2ccccc2)cc1/C=C(/C#N)C(=O)Nc1cccc2ccccc12. The predicted octanol–water partition coefficient (Wildman–Crippen LogP) is 4.75. The summed E-state index contributed by atoms with van der Waals surface area (Å²) in [5.41, 5.74) is 1.47. The molecular weight excluding hydrogens is 416 g/mol. The van der Waals surface area contributed by atoms with Gasteiger partial charge in [-0.05, 0) is 36.6 Å². The van der Waals surface area contributed by atoms with Gasteiger partial charge in [0.2, 0.25) is 0 Å². The van der Waals surface area contributed by atoms with Crippen LogP contribution in [0, 0.1) is 11.3 Å². The van der Waals surface area contributed by atoms with Gasteiger partial charge in [0.1, 0.15) is 11.6 Å². The molecule has 0 radical (unpaired) electrons. The molecule has 4 rings (SSSR count). The second-order valence-electron chi connectivity index (χ2n) is 7.08. The highest BCUT2D eigenvalue weighted by atomic mass is 16.5. The molecule has 0 aliphatic heterocycles. The Balaban J connectivity index is 1.71. The van der Waals surface area contributed by atoms with E-state index >= 15 is 0 Å². The number of nitriles is 1. The van der Waals surface area contributed by atoms with Crippen LogP contribution in [-0.2, 0) is 9.53 Å². The topological polar surface area (TPSA) is 97.0 Å². The Bertz CT molecular complexity index is 1390. The van der Waals surface area contributed by atoms with Crippen LogP contribution in [0.4, 0.5) is 5.69 Å². The number of amides is 1. The number of ether oxygens (including phenoxy) is 1. The fraction of sp³-hybridized carbons (Fsp3) is 0.0769. The van der Waals surface area contributed by atoms with Crippen molar-refractivity contribution in [3.63, 3.8) is 0 Å². The number of anilines is 1. The molecule has 7 nitrogen and oxygen atoms in total. The minimum absolute atomic E-state index is 0.0198. The third-order valence-electron chi connectivity index (χ3n) is 4.93. The second-order valence-corrected chi connectivity index (χ2v) is 7.08. The summed E-state index contributed by atoms with van der Waals surface area (Å²) in [6.45, 7) is 1.87. The first-order valence-electron chi connectivity index (χ1n) is 10.3. The average Bonchev–Trinajstić information content (AvgIpc) is 3.27. The highest BCUT2D eigenvalue weighted by Gasteiger charge is 2.20. The van der Waals surface area contributed by atoms with Crippen LogP contribution in [0.5, 0.6) is 0 Å². The molecule has 1 amide bonds. The number of esters is 1. The third kappa shape index (κ3) is 4.65. The Labute approximate surface area is 190 Å². The zero-order chi connectivity index (χ0) is 23.2. The lowest BCUT2D eigenvalue weighted by atomic mass is 10.1. The van der Waals surface area contributed by atoms with Crippen molar-refractivity contribution in [2.45, 2.75) is 6.92 Å². The third-order valence-corrected chi connectivity index (χ3v) is 4.93. The molecule has 0 spiro atoms. The summed E-state index contributed by atoms with van der Waals surface area (Å²) in [5.74, 6) is -1.22. The van der Waals surface area contributed by atoms with E-state index < -0.39 is 11.9 Å². The maximum absolute atomic E-state index is 12.9. The van der Waals surface area contributed by atoms with Gasteiger partial charge in [-0.1, -0.05) is 54.6 Å². The molecule has 0 saturated carbocycles. The Morgan fingerprint density at radius 3 is 2.55 bits per heavy atom. The van der Waals surface area contributed by atoms with Gasteiger partial charge in [-0.25, -0.2) is 9.48 Å².